The molecule has 0 aliphatic heterocycles. The fraction of sp³-hybridized carbons (Fsp3) is 0.182. The smallest absolute Gasteiger partial charge is 0.162 e. The topological polar surface area (TPSA) is 69.5 Å². The highest BCUT2D eigenvalue weighted by molar-refractivity contribution is 5.86. The molecule has 2 aromatic rings. The molecule has 1 heterocycles. The number of aromatic amines is 1. The minimum atomic E-state index is -0.794. The molecular formula is C11H9N3O. The number of carbonyl (C=O) groups excluding carboxylic acids is 1. The number of carbonyl (C=O) groups is 1. The lowest BCUT2D eigenvalue weighted by Gasteiger charge is -1.98. The van der Waals surface area contributed by atoms with Gasteiger partial charge in [0, 0.05) is 0 Å². The minimum Gasteiger partial charge on any atom is -0.340 e. The van der Waals surface area contributed by atoms with Crippen LogP contribution in [-0.2, 0) is 4.79 Å². The highest BCUT2D eigenvalue weighted by Gasteiger charge is 2.19. The first-order chi connectivity index (χ1) is 7.22. The molecule has 0 bridgehead atoms. The first-order valence-corrected chi connectivity index (χ1v) is 4.57. The summed E-state index contributed by atoms with van der Waals surface area (Å²) < 4.78 is 0. The molecule has 0 aliphatic carbocycles. The third-order valence-electron chi connectivity index (χ3n) is 2.22. The zero-order valence-corrected chi connectivity index (χ0v) is 8.19. The van der Waals surface area contributed by atoms with E-state index in [2.05, 4.69) is 9.97 Å². The number of rotatable bonds is 2. The average Bonchev–Trinajstić information content (AvgIpc) is 2.61. The van der Waals surface area contributed by atoms with Crippen molar-refractivity contribution in [2.75, 3.05) is 0 Å². The molecule has 4 heteroatoms. The Morgan fingerprint density at radius 3 is 2.87 bits per heavy atom. The number of Topliss-reactive ketones (excluding diaryl/α,β-unsaturated/α-hetero) is 1. The lowest BCUT2D eigenvalue weighted by Crippen LogP contribution is -2.07. The van der Waals surface area contributed by atoms with Gasteiger partial charge in [-0.05, 0) is 19.1 Å². The van der Waals surface area contributed by atoms with E-state index in [1.54, 1.807) is 0 Å². The van der Waals surface area contributed by atoms with Crippen molar-refractivity contribution in [1.29, 1.82) is 5.26 Å². The lowest BCUT2D eigenvalue weighted by atomic mass is 10.1. The molecule has 0 saturated heterocycles. The van der Waals surface area contributed by atoms with E-state index < -0.39 is 5.92 Å². The molecule has 0 amide bonds. The van der Waals surface area contributed by atoms with Gasteiger partial charge in [0.15, 0.2) is 11.7 Å². The van der Waals surface area contributed by atoms with Crippen molar-refractivity contribution in [3.63, 3.8) is 0 Å². The van der Waals surface area contributed by atoms with Crippen LogP contribution in [0.15, 0.2) is 24.3 Å². The monoisotopic (exact) mass is 199 g/mol. The molecule has 0 spiro atoms. The Labute approximate surface area is 86.6 Å². The van der Waals surface area contributed by atoms with Gasteiger partial charge in [-0.3, -0.25) is 4.79 Å². The highest BCUT2D eigenvalue weighted by atomic mass is 16.1. The van der Waals surface area contributed by atoms with Crippen molar-refractivity contribution in [2.45, 2.75) is 12.8 Å². The second-order valence-corrected chi connectivity index (χ2v) is 3.31. The third-order valence-corrected chi connectivity index (χ3v) is 2.22. The van der Waals surface area contributed by atoms with Crippen LogP contribution in [0.5, 0.6) is 0 Å². The Kier molecular flexibility index (Phi) is 2.22. The summed E-state index contributed by atoms with van der Waals surface area (Å²) in [5.41, 5.74) is 1.61. The summed E-state index contributed by atoms with van der Waals surface area (Å²) in [4.78, 5) is 18.3. The van der Waals surface area contributed by atoms with Crippen LogP contribution in [0.2, 0.25) is 0 Å². The Morgan fingerprint density at radius 2 is 2.27 bits per heavy atom. The van der Waals surface area contributed by atoms with Crippen LogP contribution in [0.4, 0.5) is 0 Å². The summed E-state index contributed by atoms with van der Waals surface area (Å²) >= 11 is 0. The Balaban J connectivity index is 2.53. The van der Waals surface area contributed by atoms with Crippen molar-refractivity contribution in [2.24, 2.45) is 0 Å². The number of hydrogen-bond acceptors (Lipinski definition) is 3. The first kappa shape index (κ1) is 9.41. The molecule has 15 heavy (non-hydrogen) atoms. The number of nitrogens with one attached hydrogen (secondary N) is 1. The van der Waals surface area contributed by atoms with Gasteiger partial charge in [-0.15, -0.1) is 0 Å². The van der Waals surface area contributed by atoms with Crippen molar-refractivity contribution in [3.8, 4) is 6.07 Å². The molecule has 0 saturated carbocycles. The molecule has 1 aromatic heterocycles. The molecule has 1 aromatic carbocycles. The van der Waals surface area contributed by atoms with Crippen molar-refractivity contribution in [1.82, 2.24) is 9.97 Å². The van der Waals surface area contributed by atoms with Gasteiger partial charge in [0.1, 0.15) is 5.82 Å². The maximum atomic E-state index is 11.2. The predicted octanol–water partition coefficient (Wildman–Crippen LogP) is 1.76. The van der Waals surface area contributed by atoms with Gasteiger partial charge < -0.3 is 4.98 Å². The quantitative estimate of drug-likeness (QED) is 0.801. The van der Waals surface area contributed by atoms with Crippen LogP contribution in [0.3, 0.4) is 0 Å². The van der Waals surface area contributed by atoms with Crippen LogP contribution in [-0.4, -0.2) is 15.8 Å². The van der Waals surface area contributed by atoms with Crippen LogP contribution in [0.1, 0.15) is 18.7 Å². The maximum Gasteiger partial charge on any atom is 0.162 e. The number of benzene rings is 1. The van der Waals surface area contributed by atoms with Gasteiger partial charge in [-0.1, -0.05) is 12.1 Å². The SMILES string of the molecule is CC(=O)[C@@H](C#N)c1nc2ccccc2[nH]1. The van der Waals surface area contributed by atoms with Crippen LogP contribution in [0, 0.1) is 11.3 Å². The molecule has 1 atom stereocenters. The van der Waals surface area contributed by atoms with E-state index in [1.165, 1.54) is 6.92 Å². The number of nitrogens with zero attached hydrogens (tertiary/aromatic N) is 2. The van der Waals surface area contributed by atoms with E-state index in [-0.39, 0.29) is 5.78 Å². The van der Waals surface area contributed by atoms with Gasteiger partial charge in [0.2, 0.25) is 0 Å². The largest absolute Gasteiger partial charge is 0.340 e. The fourth-order valence-corrected chi connectivity index (χ4v) is 1.45. The van der Waals surface area contributed by atoms with Crippen molar-refractivity contribution < 1.29 is 4.79 Å². The number of ketones is 1. The number of aromatic nitrogens is 2. The van der Waals surface area contributed by atoms with E-state index in [0.717, 1.165) is 11.0 Å². The number of para-hydroxylation sites is 2. The second kappa shape index (κ2) is 3.54. The van der Waals surface area contributed by atoms with E-state index in [0.29, 0.717) is 5.82 Å². The number of nitriles is 1. The van der Waals surface area contributed by atoms with Crippen molar-refractivity contribution >= 4 is 16.8 Å². The molecule has 74 valence electrons. The van der Waals surface area contributed by atoms with Gasteiger partial charge >= 0.3 is 0 Å². The molecule has 0 radical (unpaired) electrons. The molecule has 0 fully saturated rings. The van der Waals surface area contributed by atoms with Crippen LogP contribution < -0.4 is 0 Å². The number of hydrogen-bond donors (Lipinski definition) is 1. The van der Waals surface area contributed by atoms with Gasteiger partial charge in [0.05, 0.1) is 17.1 Å². The zero-order valence-electron chi connectivity index (χ0n) is 8.19. The summed E-state index contributed by atoms with van der Waals surface area (Å²) in [7, 11) is 0. The number of fused-ring (bicyclic) bond motifs is 1. The predicted molar refractivity (Wildman–Crippen MR) is 55.1 cm³/mol. The van der Waals surface area contributed by atoms with Crippen molar-refractivity contribution in [3.05, 3.63) is 30.1 Å². The fourth-order valence-electron chi connectivity index (χ4n) is 1.45. The molecular weight excluding hydrogens is 190 g/mol. The normalized spacial score (nSPS) is 12.3. The summed E-state index contributed by atoms with van der Waals surface area (Å²) in [5.74, 6) is -0.569. The second-order valence-electron chi connectivity index (χ2n) is 3.31. The summed E-state index contributed by atoms with van der Waals surface area (Å²) in [5, 5.41) is 8.84. The standard InChI is InChI=1S/C11H9N3O/c1-7(15)8(6-12)11-13-9-4-2-3-5-10(9)14-11/h2-5,8H,1H3,(H,13,14)/t8-/m1/s1. The van der Waals surface area contributed by atoms with E-state index in [4.69, 9.17) is 5.26 Å². The van der Waals surface area contributed by atoms with E-state index >= 15 is 0 Å². The summed E-state index contributed by atoms with van der Waals surface area (Å²) in [6.45, 7) is 1.39. The van der Waals surface area contributed by atoms with Gasteiger partial charge in [-0.2, -0.15) is 5.26 Å². The Bertz CT molecular complexity index is 517. The van der Waals surface area contributed by atoms with Crippen LogP contribution >= 0.6 is 0 Å². The highest BCUT2D eigenvalue weighted by Crippen LogP contribution is 2.17. The summed E-state index contributed by atoms with van der Waals surface area (Å²) in [6.07, 6.45) is 0. The molecule has 1 N–H and O–H groups in total. The Morgan fingerprint density at radius 1 is 1.53 bits per heavy atom. The minimum absolute atomic E-state index is 0.198. The first-order valence-electron chi connectivity index (χ1n) is 4.57. The van der Waals surface area contributed by atoms with E-state index in [1.807, 2.05) is 30.3 Å². The average molecular weight is 199 g/mol. The molecule has 0 unspecified atom stereocenters. The number of imidazole rings is 1. The van der Waals surface area contributed by atoms with Gasteiger partial charge in [0.25, 0.3) is 0 Å². The maximum absolute atomic E-state index is 11.2. The molecule has 0 aliphatic rings. The molecule has 2 rings (SSSR count). The van der Waals surface area contributed by atoms with E-state index in [9.17, 15) is 4.79 Å². The van der Waals surface area contributed by atoms with Gasteiger partial charge in [-0.25, -0.2) is 4.98 Å². The molecule has 4 nitrogen and oxygen atoms in total. The zero-order chi connectivity index (χ0) is 10.8. The lowest BCUT2D eigenvalue weighted by molar-refractivity contribution is -0.117. The summed E-state index contributed by atoms with van der Waals surface area (Å²) in [6, 6.07) is 9.37. The third kappa shape index (κ3) is 1.59. The van der Waals surface area contributed by atoms with Crippen LogP contribution in [0.25, 0.3) is 11.0 Å². The number of H-pyrrole nitrogens is 1. The Hall–Kier alpha value is -2.15.